The first-order valence-electron chi connectivity index (χ1n) is 3.33. The molecule has 3 nitrogen and oxygen atoms in total. The molecule has 0 fully saturated rings. The Hall–Kier alpha value is -1.56. The number of anilines is 1. The highest BCUT2D eigenvalue weighted by atomic mass is 14.8. The summed E-state index contributed by atoms with van der Waals surface area (Å²) in [6.45, 7) is 1.92. The molecule has 0 saturated heterocycles. The Morgan fingerprint density at radius 3 is 3.00 bits per heavy atom. The first-order valence-corrected chi connectivity index (χ1v) is 3.33. The van der Waals surface area contributed by atoms with Gasteiger partial charge in [0.2, 0.25) is 0 Å². The number of hydrogen-bond acceptors (Lipinski definition) is 3. The Bertz CT molecular complexity index is 299. The normalized spacial score (nSPS) is 9.09. The maximum Gasteiger partial charge on any atom is 0.123 e. The molecule has 1 aromatic heterocycles. The van der Waals surface area contributed by atoms with Crippen molar-refractivity contribution in [1.29, 1.82) is 5.26 Å². The Kier molecular flexibility index (Phi) is 2.07. The lowest BCUT2D eigenvalue weighted by Crippen LogP contribution is -1.97. The molecule has 0 unspecified atom stereocenters. The maximum atomic E-state index is 8.40. The van der Waals surface area contributed by atoms with Crippen molar-refractivity contribution in [3.8, 4) is 6.07 Å². The van der Waals surface area contributed by atoms with Crippen LogP contribution in [0, 0.1) is 18.3 Å². The van der Waals surface area contributed by atoms with Crippen LogP contribution in [0.4, 0.5) is 5.82 Å². The summed E-state index contributed by atoms with van der Waals surface area (Å²) < 4.78 is 0. The van der Waals surface area contributed by atoms with E-state index in [9.17, 15) is 0 Å². The molecule has 0 amide bonds. The second-order valence-corrected chi connectivity index (χ2v) is 2.33. The number of hydrogen-bond donors (Lipinski definition) is 1. The van der Waals surface area contributed by atoms with Crippen molar-refractivity contribution in [2.24, 2.45) is 0 Å². The summed E-state index contributed by atoms with van der Waals surface area (Å²) in [5.74, 6) is 0.473. The zero-order valence-electron chi connectivity index (χ0n) is 6.33. The number of aromatic nitrogens is 1. The first-order chi connectivity index (χ1) is 5.24. The summed E-state index contributed by atoms with van der Waals surface area (Å²) in [6, 6.07) is 5.64. The minimum Gasteiger partial charge on any atom is -0.384 e. The van der Waals surface area contributed by atoms with Crippen LogP contribution in [0.15, 0.2) is 12.1 Å². The van der Waals surface area contributed by atoms with Crippen LogP contribution >= 0.6 is 0 Å². The molecule has 0 aliphatic rings. The fourth-order valence-corrected chi connectivity index (χ4v) is 0.842. The van der Waals surface area contributed by atoms with Gasteiger partial charge in [-0.05, 0) is 18.6 Å². The van der Waals surface area contributed by atoms with Crippen molar-refractivity contribution >= 4 is 5.82 Å². The summed E-state index contributed by atoms with van der Waals surface area (Å²) >= 11 is 0. The number of nitriles is 1. The van der Waals surface area contributed by atoms with E-state index in [0.717, 1.165) is 11.3 Å². The van der Waals surface area contributed by atoms with E-state index >= 15 is 0 Å². The molecule has 0 aromatic carbocycles. The molecule has 1 rings (SSSR count). The highest BCUT2D eigenvalue weighted by Crippen LogP contribution is 2.07. The maximum absolute atomic E-state index is 8.40. The smallest absolute Gasteiger partial charge is 0.123 e. The second-order valence-electron chi connectivity index (χ2n) is 2.33. The number of nitrogens with two attached hydrogens (primary N) is 1. The van der Waals surface area contributed by atoms with Crippen molar-refractivity contribution < 1.29 is 0 Å². The zero-order valence-corrected chi connectivity index (χ0v) is 6.33. The van der Waals surface area contributed by atoms with E-state index in [1.165, 1.54) is 0 Å². The summed E-state index contributed by atoms with van der Waals surface area (Å²) in [4.78, 5) is 4.02. The van der Waals surface area contributed by atoms with Crippen LogP contribution in [0.25, 0.3) is 0 Å². The van der Waals surface area contributed by atoms with Gasteiger partial charge in [0.1, 0.15) is 5.82 Å². The fourth-order valence-electron chi connectivity index (χ4n) is 0.842. The van der Waals surface area contributed by atoms with Crippen molar-refractivity contribution in [3.63, 3.8) is 0 Å². The van der Waals surface area contributed by atoms with Gasteiger partial charge in [0.25, 0.3) is 0 Å². The molecular formula is C8H9N3. The molecule has 0 radical (unpaired) electrons. The molecule has 0 saturated carbocycles. The largest absolute Gasteiger partial charge is 0.384 e. The van der Waals surface area contributed by atoms with E-state index in [4.69, 9.17) is 11.0 Å². The van der Waals surface area contributed by atoms with E-state index in [-0.39, 0.29) is 0 Å². The van der Waals surface area contributed by atoms with Gasteiger partial charge in [-0.15, -0.1) is 0 Å². The molecule has 0 atom stereocenters. The van der Waals surface area contributed by atoms with E-state index < -0.39 is 0 Å². The molecule has 0 aliphatic heterocycles. The van der Waals surface area contributed by atoms with Crippen molar-refractivity contribution in [2.45, 2.75) is 13.3 Å². The minimum absolute atomic E-state index is 0.330. The van der Waals surface area contributed by atoms with Gasteiger partial charge in [-0.25, -0.2) is 4.98 Å². The molecule has 1 aromatic rings. The minimum atomic E-state index is 0.330. The quantitative estimate of drug-likeness (QED) is 0.645. The van der Waals surface area contributed by atoms with Gasteiger partial charge in [0, 0.05) is 0 Å². The van der Waals surface area contributed by atoms with Crippen molar-refractivity contribution in [2.75, 3.05) is 5.73 Å². The standard InChI is InChI=1S/C8H9N3/c1-6-2-3-8(10)11-7(6)4-5-9/h2-3H,4H2,1H3,(H2,10,11). The van der Waals surface area contributed by atoms with Crippen LogP contribution in [0.2, 0.25) is 0 Å². The molecule has 11 heavy (non-hydrogen) atoms. The fraction of sp³-hybridized carbons (Fsp3) is 0.250. The number of nitrogens with zero attached hydrogens (tertiary/aromatic N) is 2. The van der Waals surface area contributed by atoms with Crippen molar-refractivity contribution in [1.82, 2.24) is 4.98 Å². The molecular weight excluding hydrogens is 138 g/mol. The number of rotatable bonds is 1. The highest BCUT2D eigenvalue weighted by Gasteiger charge is 1.98. The summed E-state index contributed by atoms with van der Waals surface area (Å²) in [6.07, 6.45) is 0.330. The topological polar surface area (TPSA) is 62.7 Å². The molecule has 2 N–H and O–H groups in total. The third-order valence-corrected chi connectivity index (χ3v) is 1.47. The van der Waals surface area contributed by atoms with Crippen molar-refractivity contribution in [3.05, 3.63) is 23.4 Å². The zero-order chi connectivity index (χ0) is 8.27. The van der Waals surface area contributed by atoms with Crippen LogP contribution in [-0.4, -0.2) is 4.98 Å². The lowest BCUT2D eigenvalue weighted by Gasteiger charge is -1.99. The molecule has 0 aliphatic carbocycles. The SMILES string of the molecule is Cc1ccc(N)nc1CC#N. The number of aryl methyl sites for hydroxylation is 1. The molecule has 1 heterocycles. The van der Waals surface area contributed by atoms with Gasteiger partial charge >= 0.3 is 0 Å². The van der Waals surface area contributed by atoms with Gasteiger partial charge in [-0.2, -0.15) is 5.26 Å². The van der Waals surface area contributed by atoms with Gasteiger partial charge in [0.15, 0.2) is 0 Å². The number of nitrogen functional groups attached to an aromatic ring is 1. The predicted molar refractivity (Wildman–Crippen MR) is 42.7 cm³/mol. The lowest BCUT2D eigenvalue weighted by atomic mass is 10.2. The Morgan fingerprint density at radius 1 is 1.64 bits per heavy atom. The summed E-state index contributed by atoms with van der Waals surface area (Å²) in [5, 5.41) is 8.40. The van der Waals surface area contributed by atoms with Crippen LogP contribution in [0.5, 0.6) is 0 Å². The first kappa shape index (κ1) is 7.55. The third kappa shape index (κ3) is 1.68. The average Bonchev–Trinajstić information content (AvgIpc) is 1.98. The van der Waals surface area contributed by atoms with E-state index in [1.807, 2.05) is 19.1 Å². The van der Waals surface area contributed by atoms with Gasteiger partial charge in [-0.3, -0.25) is 0 Å². The Morgan fingerprint density at radius 2 is 2.36 bits per heavy atom. The van der Waals surface area contributed by atoms with E-state index in [1.54, 1.807) is 6.07 Å². The molecule has 56 valence electrons. The Balaban J connectivity index is 3.05. The summed E-state index contributed by atoms with van der Waals surface area (Å²) in [7, 11) is 0. The summed E-state index contributed by atoms with van der Waals surface area (Å²) in [5.41, 5.74) is 7.22. The average molecular weight is 147 g/mol. The molecule has 0 bridgehead atoms. The lowest BCUT2D eigenvalue weighted by molar-refractivity contribution is 1.08. The van der Waals surface area contributed by atoms with E-state index in [2.05, 4.69) is 4.98 Å². The number of pyridine rings is 1. The van der Waals surface area contributed by atoms with Gasteiger partial charge < -0.3 is 5.73 Å². The third-order valence-electron chi connectivity index (χ3n) is 1.47. The van der Waals surface area contributed by atoms with Crippen LogP contribution in [0.1, 0.15) is 11.3 Å². The van der Waals surface area contributed by atoms with Crippen LogP contribution in [-0.2, 0) is 6.42 Å². The molecule has 0 spiro atoms. The highest BCUT2D eigenvalue weighted by molar-refractivity contribution is 5.34. The molecule has 3 heteroatoms. The van der Waals surface area contributed by atoms with Gasteiger partial charge in [-0.1, -0.05) is 6.07 Å². The van der Waals surface area contributed by atoms with E-state index in [0.29, 0.717) is 12.2 Å². The van der Waals surface area contributed by atoms with Crippen LogP contribution < -0.4 is 5.73 Å². The second kappa shape index (κ2) is 3.02. The Labute approximate surface area is 65.5 Å². The monoisotopic (exact) mass is 147 g/mol. The predicted octanol–water partition coefficient (Wildman–Crippen LogP) is 1.04. The van der Waals surface area contributed by atoms with Crippen LogP contribution in [0.3, 0.4) is 0 Å². The van der Waals surface area contributed by atoms with Gasteiger partial charge in [0.05, 0.1) is 18.2 Å².